The van der Waals surface area contributed by atoms with E-state index in [1.165, 1.54) is 0 Å². The largest absolute Gasteiger partial charge is 0.410 e. The normalized spacial score (nSPS) is 10.6. The zero-order valence-electron chi connectivity index (χ0n) is 10.6. The lowest BCUT2D eigenvalue weighted by atomic mass is 10.1. The summed E-state index contributed by atoms with van der Waals surface area (Å²) in [5.74, 6) is 0. The van der Waals surface area contributed by atoms with Crippen molar-refractivity contribution in [3.05, 3.63) is 46.4 Å². The Hall–Kier alpha value is -1.81. The fourth-order valence-electron chi connectivity index (χ4n) is 1.81. The Kier molecular flexibility index (Phi) is 4.22. The summed E-state index contributed by atoms with van der Waals surface area (Å²) in [7, 11) is 0. The van der Waals surface area contributed by atoms with Gasteiger partial charge in [0.2, 0.25) is 0 Å². The van der Waals surface area contributed by atoms with E-state index in [1.807, 2.05) is 6.92 Å². The smallest absolute Gasteiger partial charge is 0.291 e. The van der Waals surface area contributed by atoms with Gasteiger partial charge in [-0.3, -0.25) is 9.59 Å². The molecule has 0 atom stereocenters. The van der Waals surface area contributed by atoms with Crippen LogP contribution in [-0.2, 0) is 0 Å². The molecule has 1 aromatic heterocycles. The zero-order valence-corrected chi connectivity index (χ0v) is 11.3. The number of nitrogens with zero attached hydrogens (tertiary/aromatic N) is 1. The van der Waals surface area contributed by atoms with Gasteiger partial charge in [-0.2, -0.15) is 0 Å². The maximum atomic E-state index is 12.3. The van der Waals surface area contributed by atoms with Gasteiger partial charge in [0.1, 0.15) is 12.3 Å². The van der Waals surface area contributed by atoms with Crippen molar-refractivity contribution < 1.29 is 9.63 Å². The van der Waals surface area contributed by atoms with Crippen molar-refractivity contribution in [2.24, 2.45) is 0 Å². The molecule has 0 saturated carbocycles. The molecule has 0 aliphatic carbocycles. The highest BCUT2D eigenvalue weighted by atomic mass is 35.5. The molecule has 0 radical (unpaired) electrons. The van der Waals surface area contributed by atoms with Gasteiger partial charge in [0, 0.05) is 0 Å². The molecule has 0 aliphatic heterocycles. The predicted molar refractivity (Wildman–Crippen MR) is 74.7 cm³/mol. The van der Waals surface area contributed by atoms with Crippen molar-refractivity contribution in [3.63, 3.8) is 0 Å². The van der Waals surface area contributed by atoms with Crippen LogP contribution in [0.3, 0.4) is 0 Å². The molecule has 4 nitrogen and oxygen atoms in total. The minimum absolute atomic E-state index is 0.0569. The molecule has 100 valence electrons. The van der Waals surface area contributed by atoms with Crippen LogP contribution in [0.15, 0.2) is 35.1 Å². The van der Waals surface area contributed by atoms with Gasteiger partial charge in [-0.1, -0.05) is 31.5 Å². The fraction of sp³-hybridized carbons (Fsp3) is 0.286. The first-order valence-corrected chi connectivity index (χ1v) is 6.51. The van der Waals surface area contributed by atoms with Crippen LogP contribution in [0.4, 0.5) is 0 Å². The Morgan fingerprint density at radius 2 is 2.11 bits per heavy atom. The molecule has 5 heteroatoms. The first kappa shape index (κ1) is 13.6. The summed E-state index contributed by atoms with van der Waals surface area (Å²) in [4.78, 5) is 29.1. The van der Waals surface area contributed by atoms with Crippen LogP contribution in [0.1, 0.15) is 30.3 Å². The number of hydrogen-bond acceptors (Lipinski definition) is 3. The summed E-state index contributed by atoms with van der Waals surface area (Å²) in [5, 5.41) is 0.465. The van der Waals surface area contributed by atoms with Crippen molar-refractivity contribution in [2.45, 2.75) is 19.8 Å². The van der Waals surface area contributed by atoms with E-state index in [9.17, 15) is 9.59 Å². The third-order valence-electron chi connectivity index (χ3n) is 2.81. The van der Waals surface area contributed by atoms with E-state index in [-0.39, 0.29) is 11.3 Å². The van der Waals surface area contributed by atoms with Crippen molar-refractivity contribution in [3.8, 4) is 0 Å². The zero-order chi connectivity index (χ0) is 13.8. The van der Waals surface area contributed by atoms with E-state index in [4.69, 9.17) is 16.4 Å². The average Bonchev–Trinajstić information content (AvgIpc) is 2.41. The molecule has 1 heterocycles. The molecule has 0 unspecified atom stereocenters. The summed E-state index contributed by atoms with van der Waals surface area (Å²) < 4.78 is 0.993. The molecule has 0 spiro atoms. The number of unbranched alkanes of at least 4 members (excludes halogenated alkanes) is 1. The first-order chi connectivity index (χ1) is 9.15. The molecule has 2 aromatic rings. The molecule has 0 N–H and O–H groups in total. The van der Waals surface area contributed by atoms with Gasteiger partial charge in [-0.25, -0.2) is 0 Å². The van der Waals surface area contributed by atoms with E-state index in [2.05, 4.69) is 0 Å². The molecule has 1 aromatic carbocycles. The Morgan fingerprint density at radius 3 is 2.79 bits per heavy atom. The number of fused-ring (bicyclic) bond motifs is 1. The number of halogens is 1. The third-order valence-corrected chi connectivity index (χ3v) is 3.00. The summed E-state index contributed by atoms with van der Waals surface area (Å²) >= 11 is 5.51. The first-order valence-electron chi connectivity index (χ1n) is 6.13. The molecule has 0 fully saturated rings. The highest BCUT2D eigenvalue weighted by Crippen LogP contribution is 2.13. The average molecular weight is 280 g/mol. The van der Waals surface area contributed by atoms with E-state index in [0.717, 1.165) is 17.6 Å². The summed E-state index contributed by atoms with van der Waals surface area (Å²) in [5.41, 5.74) is -0.306. The minimum Gasteiger partial charge on any atom is -0.410 e. The van der Waals surface area contributed by atoms with Crippen LogP contribution in [0.25, 0.3) is 10.8 Å². The number of carbonyl (C=O) groups is 1. The molecule has 2 rings (SSSR count). The number of benzene rings is 1. The van der Waals surface area contributed by atoms with Crippen molar-refractivity contribution >= 4 is 27.6 Å². The van der Waals surface area contributed by atoms with Crippen LogP contribution in [0.5, 0.6) is 0 Å². The highest BCUT2D eigenvalue weighted by molar-refractivity contribution is 6.67. The van der Waals surface area contributed by atoms with E-state index >= 15 is 0 Å². The number of rotatable bonds is 5. The van der Waals surface area contributed by atoms with Gasteiger partial charge < -0.3 is 4.84 Å². The van der Waals surface area contributed by atoms with Gasteiger partial charge in [0.25, 0.3) is 10.8 Å². The molecule has 0 aliphatic rings. The number of hydrogen-bond donors (Lipinski definition) is 0. The van der Waals surface area contributed by atoms with E-state index in [1.54, 1.807) is 30.3 Å². The van der Waals surface area contributed by atoms with Gasteiger partial charge >= 0.3 is 0 Å². The lowest BCUT2D eigenvalue weighted by Gasteiger charge is -2.12. The van der Waals surface area contributed by atoms with Crippen LogP contribution in [-0.4, -0.2) is 16.6 Å². The second-order valence-electron chi connectivity index (χ2n) is 4.18. The summed E-state index contributed by atoms with van der Waals surface area (Å²) in [6.45, 7) is 2.38. The molecule has 0 bridgehead atoms. The van der Waals surface area contributed by atoms with Gasteiger partial charge in [0.15, 0.2) is 0 Å². The highest BCUT2D eigenvalue weighted by Gasteiger charge is 2.14. The van der Waals surface area contributed by atoms with Crippen LogP contribution in [0.2, 0.25) is 0 Å². The number of pyridine rings is 1. The Balaban J connectivity index is 2.58. The quantitative estimate of drug-likeness (QED) is 0.624. The molecular weight excluding hydrogens is 266 g/mol. The number of carbonyl (C=O) groups excluding carboxylic acids is 1. The Morgan fingerprint density at radius 1 is 1.37 bits per heavy atom. The number of aromatic nitrogens is 1. The predicted octanol–water partition coefficient (Wildman–Crippen LogP) is 2.61. The molecule has 0 saturated heterocycles. The Bertz CT molecular complexity index is 663. The second kappa shape index (κ2) is 5.89. The third kappa shape index (κ3) is 2.79. The van der Waals surface area contributed by atoms with Crippen molar-refractivity contribution in [1.82, 2.24) is 4.73 Å². The van der Waals surface area contributed by atoms with Gasteiger partial charge in [-0.05, 0) is 35.5 Å². The van der Waals surface area contributed by atoms with Crippen LogP contribution >= 0.6 is 11.6 Å². The standard InChI is InChI=1S/C14H14ClNO3/c1-2-3-8-19-16-12(13(15)17)9-10-6-4-5-7-11(10)14(16)18/h4-7,9H,2-3,8H2,1H3. The van der Waals surface area contributed by atoms with E-state index < -0.39 is 5.24 Å². The lowest BCUT2D eigenvalue weighted by Crippen LogP contribution is -2.31. The van der Waals surface area contributed by atoms with Crippen molar-refractivity contribution in [1.29, 1.82) is 0 Å². The molecule has 19 heavy (non-hydrogen) atoms. The molecule has 0 amide bonds. The van der Waals surface area contributed by atoms with Gasteiger partial charge in [0.05, 0.1) is 5.39 Å². The lowest BCUT2D eigenvalue weighted by molar-refractivity contribution is 0.0849. The molecular formula is C14H14ClNO3. The summed E-state index contributed by atoms with van der Waals surface area (Å²) in [6, 6.07) is 8.59. The fourth-order valence-corrected chi connectivity index (χ4v) is 1.94. The maximum Gasteiger partial charge on any atom is 0.291 e. The van der Waals surface area contributed by atoms with Crippen LogP contribution < -0.4 is 10.4 Å². The van der Waals surface area contributed by atoms with Crippen molar-refractivity contribution in [2.75, 3.05) is 6.61 Å². The minimum atomic E-state index is -0.709. The maximum absolute atomic E-state index is 12.3. The second-order valence-corrected chi connectivity index (χ2v) is 4.52. The van der Waals surface area contributed by atoms with Crippen LogP contribution in [0, 0.1) is 0 Å². The Labute approximate surface area is 115 Å². The van der Waals surface area contributed by atoms with Gasteiger partial charge in [-0.15, -0.1) is 4.73 Å². The topological polar surface area (TPSA) is 48.3 Å². The SMILES string of the molecule is CCCCOn1c(C(=O)Cl)cc2ccccc2c1=O. The summed E-state index contributed by atoms with van der Waals surface area (Å²) in [6.07, 6.45) is 1.74. The monoisotopic (exact) mass is 279 g/mol. The van der Waals surface area contributed by atoms with E-state index in [0.29, 0.717) is 17.4 Å².